The van der Waals surface area contributed by atoms with E-state index in [1.165, 1.54) is 22.7 Å². The first-order valence-corrected chi connectivity index (χ1v) is 6.61. The van der Waals surface area contributed by atoms with Crippen LogP contribution in [0.4, 0.5) is 0 Å². The Balaban J connectivity index is 2.06. The van der Waals surface area contributed by atoms with Gasteiger partial charge < -0.3 is 0 Å². The van der Waals surface area contributed by atoms with Crippen LogP contribution in [0.3, 0.4) is 0 Å². The molecule has 0 atom stereocenters. The van der Waals surface area contributed by atoms with Crippen molar-refractivity contribution >= 4 is 11.8 Å². The molecule has 0 N–H and O–H groups in total. The summed E-state index contributed by atoms with van der Waals surface area (Å²) in [7, 11) is 0. The van der Waals surface area contributed by atoms with Gasteiger partial charge in [0.1, 0.15) is 0 Å². The van der Waals surface area contributed by atoms with Gasteiger partial charge in [0.05, 0.1) is 0 Å². The van der Waals surface area contributed by atoms with Gasteiger partial charge in [-0.25, -0.2) is 0 Å². The molecular weight excluding hydrogens is 212 g/mol. The van der Waals surface area contributed by atoms with E-state index in [0.717, 1.165) is 0 Å². The summed E-state index contributed by atoms with van der Waals surface area (Å²) >= 11 is 1.85. The second-order valence-corrected chi connectivity index (χ2v) is 5.92. The number of allylic oxidation sites excluding steroid dienone is 8. The molecule has 0 spiro atoms. The van der Waals surface area contributed by atoms with Gasteiger partial charge in [0.25, 0.3) is 0 Å². The fraction of sp³-hybridized carbons (Fsp3) is 0.333. The highest BCUT2D eigenvalue weighted by molar-refractivity contribution is 8.07. The van der Waals surface area contributed by atoms with E-state index in [0.29, 0.717) is 0 Å². The van der Waals surface area contributed by atoms with Gasteiger partial charge in [-0.15, -0.1) is 0 Å². The smallest absolute Gasteiger partial charge is 0.0119 e. The standard InChI is InChI=1S/C15H18S/c1-15(2)11-6-9-14(10-12-15)16-13-7-4-3-5-8-13/h4,6-12H,3,5H2,1-2H3. The van der Waals surface area contributed by atoms with Crippen LogP contribution < -0.4 is 0 Å². The minimum Gasteiger partial charge on any atom is -0.0905 e. The third kappa shape index (κ3) is 3.28. The van der Waals surface area contributed by atoms with Crippen LogP contribution in [-0.4, -0.2) is 0 Å². The molecule has 2 aliphatic rings. The molecule has 2 aliphatic carbocycles. The Morgan fingerprint density at radius 2 is 1.94 bits per heavy atom. The molecule has 0 amide bonds. The summed E-state index contributed by atoms with van der Waals surface area (Å²) in [5.41, 5.74) is 0.176. The molecule has 2 rings (SSSR count). The molecule has 0 nitrogen and oxygen atoms in total. The van der Waals surface area contributed by atoms with Crippen LogP contribution >= 0.6 is 11.8 Å². The first kappa shape index (κ1) is 11.5. The molecule has 0 aromatic carbocycles. The molecule has 0 bridgehead atoms. The molecular formula is C15H18S. The van der Waals surface area contributed by atoms with Gasteiger partial charge in [-0.1, -0.05) is 68.1 Å². The molecule has 0 saturated heterocycles. The van der Waals surface area contributed by atoms with Crippen molar-refractivity contribution in [2.75, 3.05) is 0 Å². The Morgan fingerprint density at radius 1 is 1.06 bits per heavy atom. The van der Waals surface area contributed by atoms with E-state index in [2.05, 4.69) is 62.5 Å². The van der Waals surface area contributed by atoms with Crippen LogP contribution in [0.5, 0.6) is 0 Å². The Morgan fingerprint density at radius 3 is 2.69 bits per heavy atom. The van der Waals surface area contributed by atoms with Crippen molar-refractivity contribution in [3.8, 4) is 0 Å². The Labute approximate surface area is 103 Å². The fourth-order valence-corrected chi connectivity index (χ4v) is 2.59. The monoisotopic (exact) mass is 230 g/mol. The second-order valence-electron chi connectivity index (χ2n) is 4.77. The molecule has 84 valence electrons. The fourth-order valence-electron chi connectivity index (χ4n) is 1.67. The predicted molar refractivity (Wildman–Crippen MR) is 74.2 cm³/mol. The summed E-state index contributed by atoms with van der Waals surface area (Å²) in [6.07, 6.45) is 20.3. The highest BCUT2D eigenvalue weighted by Crippen LogP contribution is 2.33. The van der Waals surface area contributed by atoms with Crippen molar-refractivity contribution in [1.82, 2.24) is 0 Å². The quantitative estimate of drug-likeness (QED) is 0.644. The second kappa shape index (κ2) is 4.92. The largest absolute Gasteiger partial charge is 0.0905 e. The van der Waals surface area contributed by atoms with Crippen LogP contribution in [0.1, 0.15) is 26.7 Å². The van der Waals surface area contributed by atoms with E-state index < -0.39 is 0 Å². The summed E-state index contributed by atoms with van der Waals surface area (Å²) < 4.78 is 0. The van der Waals surface area contributed by atoms with Crippen molar-refractivity contribution in [3.63, 3.8) is 0 Å². The van der Waals surface area contributed by atoms with Gasteiger partial charge in [-0.05, 0) is 18.9 Å². The van der Waals surface area contributed by atoms with Crippen molar-refractivity contribution < 1.29 is 0 Å². The Hall–Kier alpha value is -0.950. The maximum atomic E-state index is 2.32. The lowest BCUT2D eigenvalue weighted by Crippen LogP contribution is -2.00. The van der Waals surface area contributed by atoms with E-state index >= 15 is 0 Å². The number of hydrogen-bond acceptors (Lipinski definition) is 1. The third-order valence-electron chi connectivity index (χ3n) is 2.66. The van der Waals surface area contributed by atoms with E-state index in [1.807, 2.05) is 11.8 Å². The molecule has 0 unspecified atom stereocenters. The van der Waals surface area contributed by atoms with E-state index in [-0.39, 0.29) is 5.41 Å². The average Bonchev–Trinajstić information content (AvgIpc) is 2.42. The minimum absolute atomic E-state index is 0.176. The van der Waals surface area contributed by atoms with Crippen molar-refractivity contribution in [1.29, 1.82) is 0 Å². The van der Waals surface area contributed by atoms with Gasteiger partial charge in [0.2, 0.25) is 0 Å². The first-order valence-electron chi connectivity index (χ1n) is 5.79. The lowest BCUT2D eigenvalue weighted by atomic mass is 9.93. The van der Waals surface area contributed by atoms with Gasteiger partial charge in [0.15, 0.2) is 0 Å². The molecule has 0 radical (unpaired) electrons. The minimum atomic E-state index is 0.176. The van der Waals surface area contributed by atoms with Gasteiger partial charge in [-0.2, -0.15) is 0 Å². The maximum Gasteiger partial charge on any atom is 0.0119 e. The zero-order valence-electron chi connectivity index (χ0n) is 9.94. The molecule has 0 aliphatic heterocycles. The molecule has 0 aromatic rings. The topological polar surface area (TPSA) is 0 Å². The normalized spacial score (nSPS) is 22.6. The molecule has 0 aromatic heterocycles. The number of hydrogen-bond donors (Lipinski definition) is 0. The lowest BCUT2D eigenvalue weighted by Gasteiger charge is -2.12. The molecule has 16 heavy (non-hydrogen) atoms. The van der Waals surface area contributed by atoms with Crippen LogP contribution in [0.25, 0.3) is 0 Å². The summed E-state index contributed by atoms with van der Waals surface area (Å²) in [5.74, 6) is 0. The average molecular weight is 230 g/mol. The van der Waals surface area contributed by atoms with E-state index in [9.17, 15) is 0 Å². The summed E-state index contributed by atoms with van der Waals surface area (Å²) in [6.45, 7) is 4.45. The molecule has 0 heterocycles. The van der Waals surface area contributed by atoms with Gasteiger partial charge in [0, 0.05) is 15.2 Å². The van der Waals surface area contributed by atoms with Crippen LogP contribution in [0.2, 0.25) is 0 Å². The first-order chi connectivity index (χ1) is 7.66. The van der Waals surface area contributed by atoms with Crippen molar-refractivity contribution in [2.45, 2.75) is 26.7 Å². The molecule has 0 saturated carbocycles. The van der Waals surface area contributed by atoms with Crippen molar-refractivity contribution in [3.05, 3.63) is 58.4 Å². The molecule has 0 fully saturated rings. The third-order valence-corrected chi connectivity index (χ3v) is 3.71. The highest BCUT2D eigenvalue weighted by atomic mass is 32.2. The van der Waals surface area contributed by atoms with Crippen LogP contribution in [0, 0.1) is 5.41 Å². The summed E-state index contributed by atoms with van der Waals surface area (Å²) in [4.78, 5) is 2.69. The van der Waals surface area contributed by atoms with Crippen LogP contribution in [0.15, 0.2) is 58.4 Å². The Bertz CT molecular complexity index is 403. The number of thioether (sulfide) groups is 1. The van der Waals surface area contributed by atoms with Gasteiger partial charge >= 0.3 is 0 Å². The van der Waals surface area contributed by atoms with Gasteiger partial charge in [-0.3, -0.25) is 0 Å². The van der Waals surface area contributed by atoms with Crippen molar-refractivity contribution in [2.24, 2.45) is 5.41 Å². The summed E-state index contributed by atoms with van der Waals surface area (Å²) in [6, 6.07) is 0. The van der Waals surface area contributed by atoms with E-state index in [1.54, 1.807) is 0 Å². The zero-order valence-corrected chi connectivity index (χ0v) is 10.8. The number of rotatable bonds is 2. The Kier molecular flexibility index (Phi) is 3.55. The van der Waals surface area contributed by atoms with Crippen LogP contribution in [-0.2, 0) is 0 Å². The maximum absolute atomic E-state index is 2.32. The van der Waals surface area contributed by atoms with E-state index in [4.69, 9.17) is 0 Å². The highest BCUT2D eigenvalue weighted by Gasteiger charge is 2.11. The summed E-state index contributed by atoms with van der Waals surface area (Å²) in [5, 5.41) is 0. The zero-order chi connectivity index (χ0) is 11.4. The SMILES string of the molecule is CC1(C)C=CC=C(SC2=CCCC=C2)C=C1. The molecule has 1 heteroatoms. The lowest BCUT2D eigenvalue weighted by molar-refractivity contribution is 0.627. The predicted octanol–water partition coefficient (Wildman–Crippen LogP) is 4.99.